The summed E-state index contributed by atoms with van der Waals surface area (Å²) in [5.74, 6) is 0. The van der Waals surface area contributed by atoms with Gasteiger partial charge in [0.2, 0.25) is 0 Å². The van der Waals surface area contributed by atoms with Gasteiger partial charge in [0.1, 0.15) is 0 Å². The third kappa shape index (κ3) is 9.05. The summed E-state index contributed by atoms with van der Waals surface area (Å²) in [7, 11) is -46.7. The molecular formula is C52H52O16Si10. The number of rotatable bonds is 10. The molecule has 0 radical (unpaired) electrons. The van der Waals surface area contributed by atoms with Gasteiger partial charge in [0.15, 0.2) is 0 Å². The zero-order valence-corrected chi connectivity index (χ0v) is 52.6. The van der Waals surface area contributed by atoms with E-state index in [1.807, 2.05) is 256 Å². The molecule has 78 heavy (non-hydrogen) atoms. The monoisotopic (exact) mass is 1210 g/mol. The number of fused-ring (bicyclic) bond motifs is 4. The van der Waals surface area contributed by atoms with Crippen LogP contribution < -0.4 is 41.5 Å². The molecule has 396 valence electrons. The van der Waals surface area contributed by atoms with Crippen molar-refractivity contribution in [2.75, 3.05) is 14.2 Å². The van der Waals surface area contributed by atoms with Crippen LogP contribution in [0, 0.1) is 0 Å². The van der Waals surface area contributed by atoms with E-state index in [0.717, 1.165) is 0 Å². The van der Waals surface area contributed by atoms with E-state index in [9.17, 15) is 0 Å². The molecule has 26 heteroatoms. The molecule has 8 aromatic carbocycles. The van der Waals surface area contributed by atoms with E-state index in [1.165, 1.54) is 14.2 Å². The number of hydrogen-bond donors (Lipinski definition) is 0. The lowest BCUT2D eigenvalue weighted by Crippen LogP contribution is -2.93. The highest BCUT2D eigenvalue weighted by Crippen LogP contribution is 2.47. The van der Waals surface area contributed by atoms with Crippen LogP contribution in [0.1, 0.15) is 0 Å². The van der Waals surface area contributed by atoms with Crippen molar-refractivity contribution >= 4 is 130 Å². The van der Waals surface area contributed by atoms with Crippen LogP contribution in [-0.2, 0) is 66.5 Å². The second-order valence-electron chi connectivity index (χ2n) is 19.1. The van der Waals surface area contributed by atoms with Crippen LogP contribution in [-0.4, -0.2) is 102 Å². The summed E-state index contributed by atoms with van der Waals surface area (Å²) in [6, 6.07) is 75.6. The fourth-order valence-corrected chi connectivity index (χ4v) is 63.8. The second-order valence-corrected chi connectivity index (χ2v) is 48.7. The minimum absolute atomic E-state index is 0.431. The maximum atomic E-state index is 8.37. The first-order valence-corrected chi connectivity index (χ1v) is 43.5. The van der Waals surface area contributed by atoms with Crippen molar-refractivity contribution < 1.29 is 66.5 Å². The molecule has 6 heterocycles. The average Bonchev–Trinajstić information content (AvgIpc) is 3.66. The summed E-state index contributed by atoms with van der Waals surface area (Å²) < 4.78 is 128. The average molecular weight is 1210 g/mol. The van der Waals surface area contributed by atoms with Crippen LogP contribution in [0.2, 0.25) is 13.1 Å². The minimum atomic E-state index is -5.17. The normalized spacial score (nSPS) is 32.9. The maximum absolute atomic E-state index is 8.37. The Morgan fingerprint density at radius 3 is 0.500 bits per heavy atom. The van der Waals surface area contributed by atoms with E-state index < -0.39 is 88.0 Å². The summed E-state index contributed by atoms with van der Waals surface area (Å²) in [4.78, 5) is 0. The Morgan fingerprint density at radius 2 is 0.346 bits per heavy atom. The summed E-state index contributed by atoms with van der Waals surface area (Å²) >= 11 is 0. The lowest BCUT2D eigenvalue weighted by molar-refractivity contribution is -0.0102. The highest BCUT2D eigenvalue weighted by molar-refractivity contribution is 7.12. The Hall–Kier alpha value is -4.71. The predicted octanol–water partition coefficient (Wildman–Crippen LogP) is 3.49. The van der Waals surface area contributed by atoms with Crippen LogP contribution in [0.5, 0.6) is 0 Å². The largest absolute Gasteiger partial charge is 0.664 e. The van der Waals surface area contributed by atoms with Crippen LogP contribution in [0.15, 0.2) is 243 Å². The van der Waals surface area contributed by atoms with Gasteiger partial charge in [-0.15, -0.1) is 0 Å². The highest BCUT2D eigenvalue weighted by Gasteiger charge is 2.84. The summed E-state index contributed by atoms with van der Waals surface area (Å²) in [5.41, 5.74) is 0. The molecule has 8 bridgehead atoms. The van der Waals surface area contributed by atoms with Crippen molar-refractivity contribution in [3.8, 4) is 0 Å². The highest BCUT2D eigenvalue weighted by atomic mass is 28.6. The first-order chi connectivity index (χ1) is 37.9. The molecule has 0 amide bonds. The summed E-state index contributed by atoms with van der Waals surface area (Å²) in [6.45, 7) is 3.86. The van der Waals surface area contributed by atoms with E-state index in [0.29, 0.717) is 41.5 Å². The van der Waals surface area contributed by atoms with E-state index in [2.05, 4.69) is 0 Å². The Morgan fingerprint density at radius 1 is 0.205 bits per heavy atom. The molecule has 8 aromatic rings. The van der Waals surface area contributed by atoms with Gasteiger partial charge in [0.05, 0.1) is 0 Å². The quantitative estimate of drug-likeness (QED) is 0.184. The molecule has 0 N–H and O–H groups in total. The topological polar surface area (TPSA) is 148 Å². The van der Waals surface area contributed by atoms with Gasteiger partial charge in [0.25, 0.3) is 0 Å². The smallest absolute Gasteiger partial charge is 0.391 e. The SMILES string of the molecule is CO[Si]1(OC)O[Si]2(c3ccccc3)O[Si]3(c4ccccc4)O[Si]4(c5ccccc5)O[Si](C)(C)O[Si]5(c6ccccc6)O[Si](c6ccccc6)(O[Si](c6ccccc6)(O1)O[Si](c1ccccc1)(O5)O[Si](c1ccccc1)(O4)O2)O3. The molecule has 6 saturated heterocycles. The van der Waals surface area contributed by atoms with Crippen LogP contribution in [0.25, 0.3) is 0 Å². The Labute approximate surface area is 463 Å². The summed E-state index contributed by atoms with van der Waals surface area (Å²) in [5, 5.41) is 3.72. The van der Waals surface area contributed by atoms with Crippen LogP contribution in [0.3, 0.4) is 0 Å². The van der Waals surface area contributed by atoms with E-state index in [-0.39, 0.29) is 0 Å². The lowest BCUT2D eigenvalue weighted by atomic mass is 10.4. The van der Waals surface area contributed by atoms with Crippen molar-refractivity contribution in [2.24, 2.45) is 0 Å². The third-order valence-electron chi connectivity index (χ3n) is 13.5. The van der Waals surface area contributed by atoms with Gasteiger partial charge < -0.3 is 66.5 Å². The zero-order chi connectivity index (χ0) is 53.2. The van der Waals surface area contributed by atoms with Crippen molar-refractivity contribution in [3.63, 3.8) is 0 Å². The Kier molecular flexibility index (Phi) is 13.5. The van der Waals surface area contributed by atoms with Crippen molar-refractivity contribution in [1.82, 2.24) is 0 Å². The van der Waals surface area contributed by atoms with Gasteiger partial charge in [-0.25, -0.2) is 0 Å². The molecule has 6 fully saturated rings. The molecule has 0 saturated carbocycles. The molecule has 0 aromatic heterocycles. The second kappa shape index (κ2) is 20.1. The first-order valence-electron chi connectivity index (χ1n) is 25.2. The van der Waals surface area contributed by atoms with Crippen molar-refractivity contribution in [1.29, 1.82) is 0 Å². The van der Waals surface area contributed by atoms with Crippen LogP contribution in [0.4, 0.5) is 0 Å². The van der Waals surface area contributed by atoms with Gasteiger partial charge in [-0.05, 0) is 13.1 Å². The molecule has 4 atom stereocenters. The standard InChI is InChI=1S/C52H52O16Si10/c1-53-78(54-2)67-76(51-41-25-11-26-42-51)63-72(47-33-17-7-18-34-47)57-70(45-29-13-5-14-30-45)55-69(3,4)56-71(46-31-15-6-16-32-46)59-74(61-72,49-37-21-9-22-38-49)65-77(68-78,52-43-27-12-28-44-52)66-75(60-71,50-39-23-10-24-40-50)62-73(58-70,64-76)48-35-19-8-20-36-48/h5-44H,1-4H3. The van der Waals surface area contributed by atoms with Crippen molar-refractivity contribution in [3.05, 3.63) is 243 Å². The van der Waals surface area contributed by atoms with Gasteiger partial charge in [-0.1, -0.05) is 243 Å². The first kappa shape index (κ1) is 52.6. The summed E-state index contributed by atoms with van der Waals surface area (Å²) in [6.07, 6.45) is 0. The van der Waals surface area contributed by atoms with Crippen LogP contribution >= 0.6 is 0 Å². The molecule has 4 unspecified atom stereocenters. The molecular weight excluding hydrogens is 1160 g/mol. The lowest BCUT2D eigenvalue weighted by Gasteiger charge is -2.60. The maximum Gasteiger partial charge on any atom is 0.664 e. The van der Waals surface area contributed by atoms with Gasteiger partial charge in [-0.2, -0.15) is 0 Å². The third-order valence-corrected chi connectivity index (χ3v) is 54.5. The van der Waals surface area contributed by atoms with Gasteiger partial charge in [0, 0.05) is 55.7 Å². The Bertz CT molecular complexity index is 3050. The molecule has 0 spiro atoms. The predicted molar refractivity (Wildman–Crippen MR) is 307 cm³/mol. The van der Waals surface area contributed by atoms with E-state index in [1.54, 1.807) is 0 Å². The Balaban J connectivity index is 1.32. The number of benzene rings is 8. The van der Waals surface area contributed by atoms with E-state index in [4.69, 9.17) is 66.5 Å². The fourth-order valence-electron chi connectivity index (χ4n) is 10.1. The molecule has 14 rings (SSSR count). The fraction of sp³-hybridized carbons (Fsp3) is 0.0769. The number of hydrogen-bond acceptors (Lipinski definition) is 16. The van der Waals surface area contributed by atoms with Gasteiger partial charge in [-0.3, -0.25) is 0 Å². The van der Waals surface area contributed by atoms with E-state index >= 15 is 0 Å². The minimum Gasteiger partial charge on any atom is -0.391 e. The van der Waals surface area contributed by atoms with Gasteiger partial charge >= 0.3 is 88.0 Å². The molecule has 6 aliphatic heterocycles. The zero-order valence-electron chi connectivity index (χ0n) is 42.6. The molecule has 6 aliphatic rings. The molecule has 16 nitrogen and oxygen atoms in total. The molecule has 0 aliphatic carbocycles. The van der Waals surface area contributed by atoms with Crippen molar-refractivity contribution in [2.45, 2.75) is 13.1 Å².